The molecule has 8 nitrogen and oxygen atoms in total. The van der Waals surface area contributed by atoms with Gasteiger partial charge in [-0.3, -0.25) is 9.36 Å². The lowest BCUT2D eigenvalue weighted by atomic mass is 10.1. The SMILES string of the molecule is CS(=O)(=O)c1ccc(Cn2c(=O)c(-c3c(Cl)cccc3Cl)cc3cnc(S(C)(=O)=O)nc32)cc1. The Kier molecular flexibility index (Phi) is 6.28. The number of hydrogen-bond acceptors (Lipinski definition) is 7. The average molecular weight is 538 g/mol. The van der Waals surface area contributed by atoms with Crippen molar-refractivity contribution in [3.05, 3.63) is 80.7 Å². The number of aromatic nitrogens is 3. The first-order chi connectivity index (χ1) is 15.9. The molecule has 0 radical (unpaired) electrons. The minimum atomic E-state index is -3.74. The van der Waals surface area contributed by atoms with Crippen LogP contribution in [0, 0.1) is 0 Å². The van der Waals surface area contributed by atoms with Crippen molar-refractivity contribution in [2.45, 2.75) is 16.6 Å². The van der Waals surface area contributed by atoms with Gasteiger partial charge in [-0.15, -0.1) is 0 Å². The first kappa shape index (κ1) is 24.3. The van der Waals surface area contributed by atoms with Crippen molar-refractivity contribution < 1.29 is 16.8 Å². The maximum absolute atomic E-state index is 13.6. The summed E-state index contributed by atoms with van der Waals surface area (Å²) in [5.41, 5.74) is 0.697. The molecule has 176 valence electrons. The topological polar surface area (TPSA) is 116 Å². The first-order valence-electron chi connectivity index (χ1n) is 9.70. The van der Waals surface area contributed by atoms with Gasteiger partial charge in [0.1, 0.15) is 5.65 Å². The van der Waals surface area contributed by atoms with E-state index in [1.54, 1.807) is 30.3 Å². The standard InChI is InChI=1S/C22H17Cl2N3O5S2/c1-33(29,30)15-8-6-13(7-9-15)12-27-20-14(11-25-22(26-20)34(2,31)32)10-16(21(27)28)19-17(23)4-3-5-18(19)24/h3-11H,12H2,1-2H3. The molecule has 0 amide bonds. The van der Waals surface area contributed by atoms with Crippen LogP contribution >= 0.6 is 23.2 Å². The van der Waals surface area contributed by atoms with Crippen molar-refractivity contribution in [1.29, 1.82) is 0 Å². The quantitative estimate of drug-likeness (QED) is 0.357. The summed E-state index contributed by atoms with van der Waals surface area (Å²) in [6.45, 7) is -0.0184. The Morgan fingerprint density at radius 3 is 2.09 bits per heavy atom. The molecule has 34 heavy (non-hydrogen) atoms. The smallest absolute Gasteiger partial charge is 0.260 e. The molecule has 0 spiro atoms. The van der Waals surface area contributed by atoms with E-state index in [4.69, 9.17) is 23.2 Å². The van der Waals surface area contributed by atoms with Gasteiger partial charge < -0.3 is 0 Å². The van der Waals surface area contributed by atoms with Gasteiger partial charge in [-0.2, -0.15) is 4.98 Å². The highest BCUT2D eigenvalue weighted by Gasteiger charge is 2.20. The zero-order chi connectivity index (χ0) is 24.8. The maximum atomic E-state index is 13.6. The average Bonchev–Trinajstić information content (AvgIpc) is 2.75. The van der Waals surface area contributed by atoms with Gasteiger partial charge in [-0.1, -0.05) is 41.4 Å². The van der Waals surface area contributed by atoms with Crippen molar-refractivity contribution in [3.63, 3.8) is 0 Å². The van der Waals surface area contributed by atoms with E-state index in [0.29, 0.717) is 16.5 Å². The molecule has 4 aromatic rings. The molecule has 0 atom stereocenters. The van der Waals surface area contributed by atoms with Gasteiger partial charge in [0.15, 0.2) is 9.84 Å². The molecular formula is C22H17Cl2N3O5S2. The van der Waals surface area contributed by atoms with Gasteiger partial charge >= 0.3 is 0 Å². The predicted molar refractivity (Wildman–Crippen MR) is 131 cm³/mol. The third-order valence-corrected chi connectivity index (χ3v) is 7.68. The summed E-state index contributed by atoms with van der Waals surface area (Å²) in [6, 6.07) is 12.4. The molecule has 12 heteroatoms. The largest absolute Gasteiger partial charge is 0.288 e. The zero-order valence-corrected chi connectivity index (χ0v) is 21.0. The van der Waals surface area contributed by atoms with Crippen molar-refractivity contribution in [2.24, 2.45) is 0 Å². The summed E-state index contributed by atoms with van der Waals surface area (Å²) in [6.07, 6.45) is 3.38. The fourth-order valence-corrected chi connectivity index (χ4v) is 5.16. The Morgan fingerprint density at radius 1 is 0.912 bits per heavy atom. The van der Waals surface area contributed by atoms with E-state index in [9.17, 15) is 21.6 Å². The fraction of sp³-hybridized carbons (Fsp3) is 0.136. The van der Waals surface area contributed by atoms with Crippen LogP contribution in [0.5, 0.6) is 0 Å². The molecule has 0 aliphatic carbocycles. The van der Waals surface area contributed by atoms with Crippen LogP contribution in [0.3, 0.4) is 0 Å². The number of halogens is 2. The Bertz CT molecular complexity index is 1700. The lowest BCUT2D eigenvalue weighted by molar-refractivity contribution is 0.593. The molecule has 2 heterocycles. The highest BCUT2D eigenvalue weighted by molar-refractivity contribution is 7.90. The number of nitrogens with zero attached hydrogens (tertiary/aromatic N) is 3. The van der Waals surface area contributed by atoms with Gasteiger partial charge in [-0.05, 0) is 35.9 Å². The molecule has 0 N–H and O–H groups in total. The molecule has 0 bridgehead atoms. The van der Waals surface area contributed by atoms with Crippen LogP contribution in [0.25, 0.3) is 22.2 Å². The van der Waals surface area contributed by atoms with Gasteiger partial charge in [0.25, 0.3) is 5.56 Å². The summed E-state index contributed by atoms with van der Waals surface area (Å²) >= 11 is 12.7. The number of sulfone groups is 2. The molecule has 0 aliphatic rings. The van der Waals surface area contributed by atoms with Gasteiger partial charge in [-0.25, -0.2) is 21.8 Å². The fourth-order valence-electron chi connectivity index (χ4n) is 3.43. The van der Waals surface area contributed by atoms with E-state index in [-0.39, 0.29) is 32.7 Å². The van der Waals surface area contributed by atoms with Crippen LogP contribution in [0.1, 0.15) is 5.56 Å². The molecule has 0 aliphatic heterocycles. The molecule has 2 aromatic carbocycles. The number of fused-ring (bicyclic) bond motifs is 1. The summed E-state index contributed by atoms with van der Waals surface area (Å²) in [7, 11) is -7.14. The summed E-state index contributed by atoms with van der Waals surface area (Å²) in [5.74, 6) is 0. The van der Waals surface area contributed by atoms with Crippen molar-refractivity contribution in [2.75, 3.05) is 12.5 Å². The molecule has 0 fully saturated rings. The Hall–Kier alpha value is -2.79. The van der Waals surface area contributed by atoms with E-state index in [1.807, 2.05) is 0 Å². The van der Waals surface area contributed by atoms with Crippen LogP contribution in [0.4, 0.5) is 0 Å². The molecule has 0 saturated heterocycles. The number of benzene rings is 2. The summed E-state index contributed by atoms with van der Waals surface area (Å²) in [5, 5.41) is 0.498. The van der Waals surface area contributed by atoms with E-state index >= 15 is 0 Å². The summed E-state index contributed by atoms with van der Waals surface area (Å²) < 4.78 is 48.9. The van der Waals surface area contributed by atoms with Crippen LogP contribution < -0.4 is 5.56 Å². The maximum Gasteiger partial charge on any atom is 0.260 e. The van der Waals surface area contributed by atoms with Crippen molar-refractivity contribution in [1.82, 2.24) is 14.5 Å². The second-order valence-electron chi connectivity index (χ2n) is 7.67. The lowest BCUT2D eigenvalue weighted by Crippen LogP contribution is -2.24. The van der Waals surface area contributed by atoms with Gasteiger partial charge in [0.05, 0.1) is 27.0 Å². The lowest BCUT2D eigenvalue weighted by Gasteiger charge is -2.14. The highest BCUT2D eigenvalue weighted by Crippen LogP contribution is 2.34. The monoisotopic (exact) mass is 537 g/mol. The third kappa shape index (κ3) is 4.72. The second kappa shape index (κ2) is 8.77. The predicted octanol–water partition coefficient (Wildman–Crippen LogP) is 3.62. The number of pyridine rings is 1. The normalized spacial score (nSPS) is 12.2. The first-order valence-corrected chi connectivity index (χ1v) is 14.2. The number of rotatable bonds is 5. The van der Waals surface area contributed by atoms with E-state index in [2.05, 4.69) is 9.97 Å². The Labute approximate surface area is 205 Å². The zero-order valence-electron chi connectivity index (χ0n) is 17.9. The molecule has 4 rings (SSSR count). The Balaban J connectivity index is 2.00. The third-order valence-electron chi connectivity index (χ3n) is 5.06. The van der Waals surface area contributed by atoms with Crippen LogP contribution in [-0.2, 0) is 26.2 Å². The van der Waals surface area contributed by atoms with Crippen molar-refractivity contribution >= 4 is 53.9 Å². The molecule has 0 saturated carbocycles. The van der Waals surface area contributed by atoms with Crippen LogP contribution in [0.2, 0.25) is 10.0 Å². The van der Waals surface area contributed by atoms with E-state index < -0.39 is 30.4 Å². The highest BCUT2D eigenvalue weighted by atomic mass is 35.5. The second-order valence-corrected chi connectivity index (χ2v) is 12.4. The molecule has 2 aromatic heterocycles. The van der Waals surface area contributed by atoms with E-state index in [0.717, 1.165) is 12.5 Å². The van der Waals surface area contributed by atoms with Gasteiger partial charge in [0.2, 0.25) is 15.0 Å². The minimum absolute atomic E-state index is 0.0184. The molecular weight excluding hydrogens is 521 g/mol. The Morgan fingerprint density at radius 2 is 1.53 bits per heavy atom. The molecule has 0 unspecified atom stereocenters. The van der Waals surface area contributed by atoms with Crippen LogP contribution in [0.15, 0.2) is 69.6 Å². The number of hydrogen-bond donors (Lipinski definition) is 0. The van der Waals surface area contributed by atoms with Crippen molar-refractivity contribution in [3.8, 4) is 11.1 Å². The summed E-state index contributed by atoms with van der Waals surface area (Å²) in [4.78, 5) is 21.8. The van der Waals surface area contributed by atoms with Gasteiger partial charge in [0, 0.05) is 29.7 Å². The van der Waals surface area contributed by atoms with E-state index in [1.165, 1.54) is 29.0 Å². The minimum Gasteiger partial charge on any atom is -0.288 e. The van der Waals surface area contributed by atoms with Crippen LogP contribution in [-0.4, -0.2) is 43.9 Å².